The number of rotatable bonds is 4. The van der Waals surface area contributed by atoms with Crippen LogP contribution in [-0.2, 0) is 6.54 Å². The van der Waals surface area contributed by atoms with E-state index in [4.69, 9.17) is 0 Å². The summed E-state index contributed by atoms with van der Waals surface area (Å²) in [5, 5.41) is 6.17. The highest BCUT2D eigenvalue weighted by Crippen LogP contribution is 2.08. The minimum Gasteiger partial charge on any atom is -0.366 e. The summed E-state index contributed by atoms with van der Waals surface area (Å²) in [4.78, 5) is 8.35. The number of aryl methyl sites for hydroxylation is 1. The van der Waals surface area contributed by atoms with Crippen LogP contribution < -0.4 is 10.6 Å². The van der Waals surface area contributed by atoms with E-state index in [1.807, 2.05) is 6.07 Å². The first-order valence-electron chi connectivity index (χ1n) is 5.58. The van der Waals surface area contributed by atoms with Gasteiger partial charge in [-0.15, -0.1) is 0 Å². The van der Waals surface area contributed by atoms with Crippen LogP contribution in [0.1, 0.15) is 11.1 Å². The van der Waals surface area contributed by atoms with Gasteiger partial charge < -0.3 is 10.6 Å². The molecule has 2 rings (SSSR count). The van der Waals surface area contributed by atoms with Gasteiger partial charge in [-0.1, -0.05) is 29.8 Å². The van der Waals surface area contributed by atoms with Crippen molar-refractivity contribution in [2.45, 2.75) is 13.5 Å². The topological polar surface area (TPSA) is 49.8 Å². The van der Waals surface area contributed by atoms with E-state index < -0.39 is 0 Å². The molecule has 0 radical (unpaired) electrons. The fraction of sp³-hybridized carbons (Fsp3) is 0.231. The number of nitrogens with one attached hydrogen (secondary N) is 2. The van der Waals surface area contributed by atoms with Crippen LogP contribution in [0, 0.1) is 6.92 Å². The highest BCUT2D eigenvalue weighted by molar-refractivity contribution is 5.40. The van der Waals surface area contributed by atoms with Crippen LogP contribution in [0.4, 0.5) is 11.8 Å². The summed E-state index contributed by atoms with van der Waals surface area (Å²) in [6.07, 6.45) is 1.73. The molecule has 0 aliphatic heterocycles. The first-order valence-corrected chi connectivity index (χ1v) is 5.58. The third-order valence-electron chi connectivity index (χ3n) is 2.47. The molecule has 0 unspecified atom stereocenters. The van der Waals surface area contributed by atoms with Gasteiger partial charge in [-0.3, -0.25) is 0 Å². The molecule has 88 valence electrons. The lowest BCUT2D eigenvalue weighted by Crippen LogP contribution is -2.03. The average molecular weight is 228 g/mol. The summed E-state index contributed by atoms with van der Waals surface area (Å²) >= 11 is 0. The molecule has 1 aromatic carbocycles. The maximum atomic E-state index is 4.29. The van der Waals surface area contributed by atoms with E-state index >= 15 is 0 Å². The Morgan fingerprint density at radius 3 is 2.59 bits per heavy atom. The normalized spacial score (nSPS) is 10.0. The lowest BCUT2D eigenvalue weighted by molar-refractivity contribution is 1.08. The molecular weight excluding hydrogens is 212 g/mol. The summed E-state index contributed by atoms with van der Waals surface area (Å²) in [5.41, 5.74) is 2.51. The van der Waals surface area contributed by atoms with Crippen molar-refractivity contribution in [1.29, 1.82) is 0 Å². The Hall–Kier alpha value is -2.10. The Labute approximate surface area is 101 Å². The predicted molar refractivity (Wildman–Crippen MR) is 70.1 cm³/mol. The summed E-state index contributed by atoms with van der Waals surface area (Å²) in [6, 6.07) is 10.3. The number of aromatic nitrogens is 2. The molecule has 0 aliphatic rings. The molecule has 0 spiro atoms. The second-order valence-corrected chi connectivity index (χ2v) is 3.85. The summed E-state index contributed by atoms with van der Waals surface area (Å²) < 4.78 is 0. The van der Waals surface area contributed by atoms with Gasteiger partial charge in [0.1, 0.15) is 5.82 Å². The fourth-order valence-electron chi connectivity index (χ4n) is 1.48. The molecule has 0 atom stereocenters. The summed E-state index contributed by atoms with van der Waals surface area (Å²) in [5.74, 6) is 1.45. The standard InChI is InChI=1S/C13H16N4/c1-10-3-5-11(6-4-10)9-16-12-7-8-15-13(14-2)17-12/h3-8H,9H2,1-2H3,(H2,14,15,16,17). The molecule has 0 fully saturated rings. The second kappa shape index (κ2) is 5.30. The third-order valence-corrected chi connectivity index (χ3v) is 2.47. The van der Waals surface area contributed by atoms with Crippen molar-refractivity contribution in [1.82, 2.24) is 9.97 Å². The largest absolute Gasteiger partial charge is 0.366 e. The van der Waals surface area contributed by atoms with Gasteiger partial charge in [0.2, 0.25) is 5.95 Å². The molecule has 2 aromatic rings. The van der Waals surface area contributed by atoms with Crippen LogP contribution in [0.3, 0.4) is 0 Å². The van der Waals surface area contributed by atoms with Gasteiger partial charge in [0.05, 0.1) is 0 Å². The van der Waals surface area contributed by atoms with Crippen LogP contribution in [0.5, 0.6) is 0 Å². The highest BCUT2D eigenvalue weighted by Gasteiger charge is 1.97. The molecule has 4 heteroatoms. The van der Waals surface area contributed by atoms with Crippen molar-refractivity contribution in [2.24, 2.45) is 0 Å². The van der Waals surface area contributed by atoms with E-state index in [-0.39, 0.29) is 0 Å². The van der Waals surface area contributed by atoms with Crippen LogP contribution in [-0.4, -0.2) is 17.0 Å². The summed E-state index contributed by atoms with van der Waals surface area (Å²) in [7, 11) is 1.80. The first-order chi connectivity index (χ1) is 8.28. The Balaban J connectivity index is 1.99. The molecule has 17 heavy (non-hydrogen) atoms. The molecule has 2 N–H and O–H groups in total. The third kappa shape index (κ3) is 3.17. The predicted octanol–water partition coefficient (Wildman–Crippen LogP) is 2.44. The molecule has 1 aromatic heterocycles. The average Bonchev–Trinajstić information content (AvgIpc) is 2.38. The maximum absolute atomic E-state index is 4.29. The Morgan fingerprint density at radius 1 is 1.12 bits per heavy atom. The number of benzene rings is 1. The van der Waals surface area contributed by atoms with Crippen molar-refractivity contribution in [3.63, 3.8) is 0 Å². The molecule has 1 heterocycles. The Kier molecular flexibility index (Phi) is 3.55. The molecule has 0 saturated carbocycles. The highest BCUT2D eigenvalue weighted by atomic mass is 15.1. The van der Waals surface area contributed by atoms with Gasteiger partial charge >= 0.3 is 0 Å². The fourth-order valence-corrected chi connectivity index (χ4v) is 1.48. The van der Waals surface area contributed by atoms with Crippen LogP contribution in [0.25, 0.3) is 0 Å². The quantitative estimate of drug-likeness (QED) is 0.844. The minimum atomic E-state index is 0.624. The zero-order chi connectivity index (χ0) is 12.1. The van der Waals surface area contributed by atoms with Gasteiger partial charge in [0, 0.05) is 19.8 Å². The lowest BCUT2D eigenvalue weighted by atomic mass is 10.1. The van der Waals surface area contributed by atoms with Gasteiger partial charge in [0.25, 0.3) is 0 Å². The SMILES string of the molecule is CNc1nccc(NCc2ccc(C)cc2)n1. The number of anilines is 2. The molecule has 0 amide bonds. The monoisotopic (exact) mass is 228 g/mol. The van der Waals surface area contributed by atoms with Crippen molar-refractivity contribution in [3.05, 3.63) is 47.7 Å². The van der Waals surface area contributed by atoms with Crippen LogP contribution in [0.15, 0.2) is 36.5 Å². The smallest absolute Gasteiger partial charge is 0.224 e. The number of hydrogen-bond acceptors (Lipinski definition) is 4. The van der Waals surface area contributed by atoms with E-state index in [1.54, 1.807) is 13.2 Å². The number of nitrogens with zero attached hydrogens (tertiary/aromatic N) is 2. The molecule has 4 nitrogen and oxygen atoms in total. The van der Waals surface area contributed by atoms with E-state index in [2.05, 4.69) is 51.8 Å². The number of hydrogen-bond donors (Lipinski definition) is 2. The molecule has 0 saturated heterocycles. The van der Waals surface area contributed by atoms with Crippen molar-refractivity contribution < 1.29 is 0 Å². The molecule has 0 aliphatic carbocycles. The Morgan fingerprint density at radius 2 is 1.88 bits per heavy atom. The molecule has 0 bridgehead atoms. The van der Waals surface area contributed by atoms with Crippen LogP contribution in [0.2, 0.25) is 0 Å². The lowest BCUT2D eigenvalue weighted by Gasteiger charge is -2.07. The van der Waals surface area contributed by atoms with Gasteiger partial charge in [-0.05, 0) is 18.6 Å². The van der Waals surface area contributed by atoms with E-state index in [1.165, 1.54) is 11.1 Å². The molecular formula is C13H16N4. The maximum Gasteiger partial charge on any atom is 0.224 e. The van der Waals surface area contributed by atoms with E-state index in [0.717, 1.165) is 12.4 Å². The van der Waals surface area contributed by atoms with Gasteiger partial charge in [-0.25, -0.2) is 4.98 Å². The van der Waals surface area contributed by atoms with E-state index in [0.29, 0.717) is 5.95 Å². The second-order valence-electron chi connectivity index (χ2n) is 3.85. The van der Waals surface area contributed by atoms with Crippen LogP contribution >= 0.6 is 0 Å². The zero-order valence-electron chi connectivity index (χ0n) is 10.1. The van der Waals surface area contributed by atoms with Crippen molar-refractivity contribution in [2.75, 3.05) is 17.7 Å². The first kappa shape index (κ1) is 11.4. The van der Waals surface area contributed by atoms with Crippen molar-refractivity contribution >= 4 is 11.8 Å². The zero-order valence-corrected chi connectivity index (χ0v) is 10.1. The Bertz CT molecular complexity index is 479. The van der Waals surface area contributed by atoms with Crippen molar-refractivity contribution in [3.8, 4) is 0 Å². The minimum absolute atomic E-state index is 0.624. The summed E-state index contributed by atoms with van der Waals surface area (Å²) in [6.45, 7) is 2.85. The van der Waals surface area contributed by atoms with E-state index in [9.17, 15) is 0 Å². The van der Waals surface area contributed by atoms with Gasteiger partial charge in [-0.2, -0.15) is 4.98 Å². The van der Waals surface area contributed by atoms with Gasteiger partial charge in [0.15, 0.2) is 0 Å².